The first-order chi connectivity index (χ1) is 9.19. The topological polar surface area (TPSA) is 72.2 Å². The Balaban J connectivity index is 2.06. The second kappa shape index (κ2) is 4.59. The molecule has 0 radical (unpaired) electrons. The lowest BCUT2D eigenvalue weighted by Crippen LogP contribution is -2.21. The van der Waals surface area contributed by atoms with Crippen LogP contribution < -0.4 is 5.56 Å². The summed E-state index contributed by atoms with van der Waals surface area (Å²) in [4.78, 5) is 27.9. The van der Waals surface area contributed by atoms with Crippen molar-refractivity contribution in [2.24, 2.45) is 5.92 Å². The number of ketones is 1. The highest BCUT2D eigenvalue weighted by molar-refractivity contribution is 5.99. The fourth-order valence-electron chi connectivity index (χ4n) is 2.13. The van der Waals surface area contributed by atoms with Crippen LogP contribution >= 0.6 is 0 Å². The first-order valence-corrected chi connectivity index (χ1v) is 6.32. The van der Waals surface area contributed by atoms with Gasteiger partial charge in [0.05, 0.1) is 17.2 Å². The standard InChI is InChI=1S/C14H14N2O3/c17-7-13(18)10-3-4-11-12(5-10)15-8-16(14(11)19)6-9-1-2-9/h3-5,8-9,17H,1-2,6-7H2. The van der Waals surface area contributed by atoms with Gasteiger partial charge < -0.3 is 5.11 Å². The molecule has 1 aromatic heterocycles. The van der Waals surface area contributed by atoms with Crippen molar-refractivity contribution in [2.75, 3.05) is 6.61 Å². The minimum atomic E-state index is -0.537. The van der Waals surface area contributed by atoms with Gasteiger partial charge in [-0.3, -0.25) is 14.2 Å². The van der Waals surface area contributed by atoms with Crippen LogP contribution in [0.5, 0.6) is 0 Å². The van der Waals surface area contributed by atoms with E-state index >= 15 is 0 Å². The Morgan fingerprint density at radius 2 is 2.21 bits per heavy atom. The number of aliphatic hydroxyl groups excluding tert-OH is 1. The summed E-state index contributed by atoms with van der Waals surface area (Å²) in [6.07, 6.45) is 3.89. The molecule has 3 rings (SSSR count). The lowest BCUT2D eigenvalue weighted by Gasteiger charge is -2.06. The molecule has 2 aromatic rings. The molecule has 1 aromatic carbocycles. The van der Waals surface area contributed by atoms with Gasteiger partial charge in [-0.25, -0.2) is 4.98 Å². The summed E-state index contributed by atoms with van der Waals surface area (Å²) in [7, 11) is 0. The van der Waals surface area contributed by atoms with Crippen LogP contribution in [0.4, 0.5) is 0 Å². The molecule has 0 saturated heterocycles. The lowest BCUT2D eigenvalue weighted by atomic mass is 10.1. The molecule has 1 aliphatic rings. The second-order valence-corrected chi connectivity index (χ2v) is 4.96. The third kappa shape index (κ3) is 2.29. The highest BCUT2D eigenvalue weighted by atomic mass is 16.3. The Morgan fingerprint density at radius 3 is 2.89 bits per heavy atom. The molecule has 5 nitrogen and oxygen atoms in total. The van der Waals surface area contributed by atoms with E-state index in [1.54, 1.807) is 22.8 Å². The van der Waals surface area contributed by atoms with Gasteiger partial charge in [-0.2, -0.15) is 0 Å². The van der Waals surface area contributed by atoms with Crippen LogP contribution in [0.1, 0.15) is 23.2 Å². The largest absolute Gasteiger partial charge is 0.388 e. The molecule has 1 aliphatic carbocycles. The summed E-state index contributed by atoms with van der Waals surface area (Å²) in [5, 5.41) is 9.34. The average Bonchev–Trinajstić information content (AvgIpc) is 3.24. The van der Waals surface area contributed by atoms with E-state index in [1.165, 1.54) is 19.2 Å². The summed E-state index contributed by atoms with van der Waals surface area (Å²) in [6, 6.07) is 4.72. The van der Waals surface area contributed by atoms with Crippen molar-refractivity contribution in [3.8, 4) is 0 Å². The van der Waals surface area contributed by atoms with E-state index in [2.05, 4.69) is 4.98 Å². The Hall–Kier alpha value is -2.01. The number of carbonyl (C=O) groups is 1. The van der Waals surface area contributed by atoms with Crippen molar-refractivity contribution in [2.45, 2.75) is 19.4 Å². The fraction of sp³-hybridized carbons (Fsp3) is 0.357. The van der Waals surface area contributed by atoms with Crippen LogP contribution in [0.3, 0.4) is 0 Å². The highest BCUT2D eigenvalue weighted by Gasteiger charge is 2.22. The smallest absolute Gasteiger partial charge is 0.261 e. The van der Waals surface area contributed by atoms with Crippen molar-refractivity contribution >= 4 is 16.7 Å². The molecule has 0 bridgehead atoms. The van der Waals surface area contributed by atoms with Crippen molar-refractivity contribution in [1.82, 2.24) is 9.55 Å². The van der Waals surface area contributed by atoms with Gasteiger partial charge >= 0.3 is 0 Å². The number of hydrogen-bond donors (Lipinski definition) is 1. The van der Waals surface area contributed by atoms with Crippen LogP contribution in [-0.2, 0) is 6.54 Å². The molecule has 1 N–H and O–H groups in total. The van der Waals surface area contributed by atoms with E-state index in [9.17, 15) is 9.59 Å². The van der Waals surface area contributed by atoms with Crippen LogP contribution in [-0.4, -0.2) is 27.0 Å². The number of benzene rings is 1. The molecule has 0 unspecified atom stereocenters. The van der Waals surface area contributed by atoms with Crippen molar-refractivity contribution in [1.29, 1.82) is 0 Å². The van der Waals surface area contributed by atoms with E-state index in [0.717, 1.165) is 6.54 Å². The van der Waals surface area contributed by atoms with E-state index in [4.69, 9.17) is 5.11 Å². The van der Waals surface area contributed by atoms with E-state index < -0.39 is 6.61 Å². The molecule has 0 amide bonds. The van der Waals surface area contributed by atoms with Gasteiger partial charge in [0.25, 0.3) is 5.56 Å². The lowest BCUT2D eigenvalue weighted by molar-refractivity contribution is 0.0904. The number of aromatic nitrogens is 2. The van der Waals surface area contributed by atoms with E-state index in [-0.39, 0.29) is 11.3 Å². The molecule has 19 heavy (non-hydrogen) atoms. The molecule has 0 aliphatic heterocycles. The predicted molar refractivity (Wildman–Crippen MR) is 70.1 cm³/mol. The molecule has 98 valence electrons. The summed E-state index contributed by atoms with van der Waals surface area (Å²) >= 11 is 0. The molecule has 1 heterocycles. The van der Waals surface area contributed by atoms with Gasteiger partial charge in [0.15, 0.2) is 5.78 Å². The minimum absolute atomic E-state index is 0.0695. The molecule has 1 fully saturated rings. The minimum Gasteiger partial charge on any atom is -0.388 e. The van der Waals surface area contributed by atoms with Gasteiger partial charge in [0, 0.05) is 12.1 Å². The third-order valence-corrected chi connectivity index (χ3v) is 3.44. The number of carbonyl (C=O) groups excluding carboxylic acids is 1. The maximum absolute atomic E-state index is 12.2. The van der Waals surface area contributed by atoms with Crippen molar-refractivity contribution in [3.63, 3.8) is 0 Å². The summed E-state index contributed by atoms with van der Waals surface area (Å²) in [5.74, 6) is 0.234. The quantitative estimate of drug-likeness (QED) is 0.830. The predicted octanol–water partition coefficient (Wildman–Crippen LogP) is 0.981. The van der Waals surface area contributed by atoms with E-state index in [1.807, 2.05) is 0 Å². The summed E-state index contributed by atoms with van der Waals surface area (Å²) in [5.41, 5.74) is 0.804. The fourth-order valence-corrected chi connectivity index (χ4v) is 2.13. The molecule has 1 saturated carbocycles. The van der Waals surface area contributed by atoms with E-state index in [0.29, 0.717) is 22.4 Å². The Kier molecular flexibility index (Phi) is 2.91. The second-order valence-electron chi connectivity index (χ2n) is 4.96. The Morgan fingerprint density at radius 1 is 1.42 bits per heavy atom. The zero-order chi connectivity index (χ0) is 13.4. The van der Waals surface area contributed by atoms with Crippen LogP contribution in [0, 0.1) is 5.92 Å². The molecule has 0 spiro atoms. The van der Waals surface area contributed by atoms with Gasteiger partial charge in [0.1, 0.15) is 6.61 Å². The number of aliphatic hydroxyl groups is 1. The SMILES string of the molecule is O=C(CO)c1ccc2c(=O)n(CC3CC3)cnc2c1. The maximum atomic E-state index is 12.2. The number of hydrogen-bond acceptors (Lipinski definition) is 4. The average molecular weight is 258 g/mol. The van der Waals surface area contributed by atoms with Crippen molar-refractivity contribution in [3.05, 3.63) is 40.4 Å². The number of rotatable bonds is 4. The zero-order valence-electron chi connectivity index (χ0n) is 10.4. The normalized spacial score (nSPS) is 14.8. The number of Topliss-reactive ketones (excluding diaryl/α,β-unsaturated/α-hetero) is 1. The molecular weight excluding hydrogens is 244 g/mol. The van der Waals surface area contributed by atoms with Gasteiger partial charge in [0.2, 0.25) is 0 Å². The number of nitrogens with zero attached hydrogens (tertiary/aromatic N) is 2. The highest BCUT2D eigenvalue weighted by Crippen LogP contribution is 2.30. The van der Waals surface area contributed by atoms with Crippen LogP contribution in [0.2, 0.25) is 0 Å². The Bertz CT molecular complexity index is 701. The number of fused-ring (bicyclic) bond motifs is 1. The van der Waals surface area contributed by atoms with Gasteiger partial charge in [-0.05, 0) is 30.9 Å². The van der Waals surface area contributed by atoms with Crippen molar-refractivity contribution < 1.29 is 9.90 Å². The maximum Gasteiger partial charge on any atom is 0.261 e. The summed E-state index contributed by atoms with van der Waals surface area (Å²) < 4.78 is 1.63. The van der Waals surface area contributed by atoms with Gasteiger partial charge in [-0.15, -0.1) is 0 Å². The first-order valence-electron chi connectivity index (χ1n) is 6.32. The third-order valence-electron chi connectivity index (χ3n) is 3.44. The molecule has 5 heteroatoms. The Labute approximate surface area is 109 Å². The first kappa shape index (κ1) is 12.0. The van der Waals surface area contributed by atoms with Crippen LogP contribution in [0.25, 0.3) is 10.9 Å². The molecule has 0 atom stereocenters. The van der Waals surface area contributed by atoms with Crippen LogP contribution in [0.15, 0.2) is 29.3 Å². The monoisotopic (exact) mass is 258 g/mol. The molecular formula is C14H14N2O3. The zero-order valence-corrected chi connectivity index (χ0v) is 10.4. The summed E-state index contributed by atoms with van der Waals surface area (Å²) in [6.45, 7) is 0.184. The van der Waals surface area contributed by atoms with Gasteiger partial charge in [-0.1, -0.05) is 6.07 Å².